The molecule has 120 valence electrons. The smallest absolute Gasteiger partial charge is 0.185 e. The molecule has 3 aromatic rings. The molecule has 0 aliphatic carbocycles. The Morgan fingerprint density at radius 3 is 2.33 bits per heavy atom. The van der Waals surface area contributed by atoms with Crippen LogP contribution in [0.4, 0.5) is 4.39 Å². The Kier molecular flexibility index (Phi) is 4.53. The third-order valence-electron chi connectivity index (χ3n) is 3.77. The highest BCUT2D eigenvalue weighted by Gasteiger charge is 2.17. The van der Waals surface area contributed by atoms with E-state index in [1.165, 1.54) is 18.2 Å². The average Bonchev–Trinajstić information content (AvgIpc) is 2.86. The fraction of sp³-hybridized carbons (Fsp3) is 0.0526. The first kappa shape index (κ1) is 16.1. The van der Waals surface area contributed by atoms with Crippen molar-refractivity contribution >= 4 is 24.6 Å². The van der Waals surface area contributed by atoms with Crippen LogP contribution >= 0.6 is 12.2 Å². The lowest BCUT2D eigenvalue weighted by molar-refractivity contribution is -0.104. The van der Waals surface area contributed by atoms with Crippen molar-refractivity contribution in [2.45, 2.75) is 0 Å². The minimum Gasteiger partial charge on any atom is -0.319 e. The number of benzene rings is 2. The molecule has 24 heavy (non-hydrogen) atoms. The lowest BCUT2D eigenvalue weighted by Gasteiger charge is -2.09. The number of allylic oxidation sites excluding steroid dienone is 1. The topological polar surface area (TPSA) is 26.9 Å². The Labute approximate surface area is 144 Å². The van der Waals surface area contributed by atoms with Crippen molar-refractivity contribution in [1.29, 1.82) is 0 Å². The molecule has 0 saturated heterocycles. The molecular weight excluding hydrogens is 323 g/mol. The Hall–Kier alpha value is -2.79. The molecule has 1 aromatic heterocycles. The maximum atomic E-state index is 13.3. The highest BCUT2D eigenvalue weighted by Crippen LogP contribution is 2.30. The van der Waals surface area contributed by atoms with E-state index in [9.17, 15) is 9.18 Å². The van der Waals surface area contributed by atoms with E-state index in [1.54, 1.807) is 18.2 Å². The Morgan fingerprint density at radius 1 is 1.04 bits per heavy atom. The monoisotopic (exact) mass is 338 g/mol. The lowest BCUT2D eigenvalue weighted by atomic mass is 10.1. The molecule has 3 nitrogen and oxygen atoms in total. The summed E-state index contributed by atoms with van der Waals surface area (Å²) in [6.45, 7) is 0. The van der Waals surface area contributed by atoms with Crippen molar-refractivity contribution in [1.82, 2.24) is 9.13 Å². The van der Waals surface area contributed by atoms with E-state index in [1.807, 2.05) is 46.5 Å². The third-order valence-corrected chi connectivity index (χ3v) is 4.23. The Morgan fingerprint density at radius 2 is 1.71 bits per heavy atom. The van der Waals surface area contributed by atoms with E-state index in [-0.39, 0.29) is 5.82 Å². The van der Waals surface area contributed by atoms with Crippen molar-refractivity contribution in [3.8, 4) is 16.9 Å². The number of hydrogen-bond donors (Lipinski definition) is 0. The van der Waals surface area contributed by atoms with Gasteiger partial charge in [0.25, 0.3) is 0 Å². The summed E-state index contributed by atoms with van der Waals surface area (Å²) in [7, 11) is 1.85. The van der Waals surface area contributed by atoms with Crippen LogP contribution in [-0.2, 0) is 11.8 Å². The summed E-state index contributed by atoms with van der Waals surface area (Å²) in [6, 6.07) is 15.9. The fourth-order valence-corrected chi connectivity index (χ4v) is 2.94. The van der Waals surface area contributed by atoms with Crippen molar-refractivity contribution in [2.24, 2.45) is 7.05 Å². The van der Waals surface area contributed by atoms with Gasteiger partial charge >= 0.3 is 0 Å². The van der Waals surface area contributed by atoms with Gasteiger partial charge in [0.05, 0.1) is 11.4 Å². The van der Waals surface area contributed by atoms with Gasteiger partial charge in [-0.3, -0.25) is 9.36 Å². The van der Waals surface area contributed by atoms with Crippen LogP contribution in [0.2, 0.25) is 0 Å². The highest BCUT2D eigenvalue weighted by molar-refractivity contribution is 7.71. The molecule has 3 rings (SSSR count). The van der Waals surface area contributed by atoms with Crippen LogP contribution in [0, 0.1) is 10.6 Å². The van der Waals surface area contributed by atoms with Gasteiger partial charge in [0.1, 0.15) is 12.1 Å². The van der Waals surface area contributed by atoms with E-state index in [0.717, 1.165) is 28.9 Å². The molecule has 0 N–H and O–H groups in total. The van der Waals surface area contributed by atoms with Crippen molar-refractivity contribution in [3.05, 3.63) is 77.0 Å². The number of aromatic nitrogens is 2. The number of imidazole rings is 1. The lowest BCUT2D eigenvalue weighted by Crippen LogP contribution is -1.97. The first-order valence-corrected chi connectivity index (χ1v) is 7.79. The summed E-state index contributed by atoms with van der Waals surface area (Å²) < 4.78 is 17.7. The Bertz CT molecular complexity index is 954. The van der Waals surface area contributed by atoms with Gasteiger partial charge in [0.2, 0.25) is 0 Å². The van der Waals surface area contributed by atoms with Gasteiger partial charge in [-0.05, 0) is 60.8 Å². The van der Waals surface area contributed by atoms with Gasteiger partial charge in [0.15, 0.2) is 4.77 Å². The minimum atomic E-state index is -0.301. The second kappa shape index (κ2) is 6.76. The third kappa shape index (κ3) is 2.86. The van der Waals surface area contributed by atoms with Gasteiger partial charge < -0.3 is 4.57 Å². The van der Waals surface area contributed by atoms with Crippen LogP contribution in [-0.4, -0.2) is 15.4 Å². The molecule has 0 bridgehead atoms. The standard InChI is InChI=1S/C19H15FN2OS/c1-21-17(8-5-13-23)18(14-9-11-15(20)12-10-14)22(19(21)24)16-6-3-2-4-7-16/h2-13H,1H3/b8-5+. The average molecular weight is 338 g/mol. The van der Waals surface area contributed by atoms with Crippen molar-refractivity contribution in [3.63, 3.8) is 0 Å². The number of para-hydroxylation sites is 1. The summed E-state index contributed by atoms with van der Waals surface area (Å²) >= 11 is 5.59. The van der Waals surface area contributed by atoms with E-state index in [4.69, 9.17) is 12.2 Å². The Balaban J connectivity index is 2.36. The molecule has 0 fully saturated rings. The predicted octanol–water partition coefficient (Wildman–Crippen LogP) is 4.56. The molecule has 0 spiro atoms. The molecule has 0 unspecified atom stereocenters. The first-order valence-electron chi connectivity index (χ1n) is 7.38. The second-order valence-corrected chi connectivity index (χ2v) is 5.61. The van der Waals surface area contributed by atoms with Gasteiger partial charge in [-0.25, -0.2) is 4.39 Å². The number of rotatable bonds is 4. The van der Waals surface area contributed by atoms with Gasteiger partial charge in [0, 0.05) is 18.3 Å². The normalized spacial score (nSPS) is 11.1. The number of carbonyl (C=O) groups is 1. The molecule has 0 amide bonds. The minimum absolute atomic E-state index is 0.301. The highest BCUT2D eigenvalue weighted by atomic mass is 32.1. The zero-order valence-corrected chi connectivity index (χ0v) is 13.8. The number of carbonyl (C=O) groups excluding carboxylic acids is 1. The number of aldehydes is 1. The van der Waals surface area contributed by atoms with Crippen LogP contribution < -0.4 is 0 Å². The van der Waals surface area contributed by atoms with E-state index in [0.29, 0.717) is 4.77 Å². The maximum Gasteiger partial charge on any atom is 0.185 e. The van der Waals surface area contributed by atoms with Crippen LogP contribution in [0.5, 0.6) is 0 Å². The van der Waals surface area contributed by atoms with Crippen LogP contribution in [0.1, 0.15) is 5.69 Å². The molecule has 2 aromatic carbocycles. The number of hydrogen-bond acceptors (Lipinski definition) is 2. The first-order chi connectivity index (χ1) is 11.6. The summed E-state index contributed by atoms with van der Waals surface area (Å²) in [5, 5.41) is 0. The quantitative estimate of drug-likeness (QED) is 0.396. The van der Waals surface area contributed by atoms with Crippen LogP contribution in [0.15, 0.2) is 60.7 Å². The molecule has 0 radical (unpaired) electrons. The predicted molar refractivity (Wildman–Crippen MR) is 96.1 cm³/mol. The maximum absolute atomic E-state index is 13.3. The second-order valence-electron chi connectivity index (χ2n) is 5.25. The van der Waals surface area contributed by atoms with E-state index in [2.05, 4.69) is 0 Å². The summed E-state index contributed by atoms with van der Waals surface area (Å²) in [5.74, 6) is -0.301. The van der Waals surface area contributed by atoms with E-state index >= 15 is 0 Å². The molecule has 1 heterocycles. The van der Waals surface area contributed by atoms with Gasteiger partial charge in [-0.15, -0.1) is 0 Å². The molecule has 5 heteroatoms. The van der Waals surface area contributed by atoms with Crippen LogP contribution in [0.25, 0.3) is 23.0 Å². The summed E-state index contributed by atoms with van der Waals surface area (Å²) in [4.78, 5) is 10.8. The molecule has 0 aliphatic heterocycles. The molecule has 0 saturated carbocycles. The molecule has 0 atom stereocenters. The largest absolute Gasteiger partial charge is 0.319 e. The SMILES string of the molecule is Cn1c(/C=C/C=O)c(-c2ccc(F)cc2)n(-c2ccccc2)c1=S. The van der Waals surface area contributed by atoms with Gasteiger partial charge in [-0.2, -0.15) is 0 Å². The van der Waals surface area contributed by atoms with Crippen LogP contribution in [0.3, 0.4) is 0 Å². The zero-order chi connectivity index (χ0) is 17.1. The molecular formula is C19H15FN2OS. The number of halogens is 1. The summed E-state index contributed by atoms with van der Waals surface area (Å²) in [6.07, 6.45) is 3.85. The number of nitrogens with zero attached hydrogens (tertiary/aromatic N) is 2. The van der Waals surface area contributed by atoms with Crippen molar-refractivity contribution < 1.29 is 9.18 Å². The van der Waals surface area contributed by atoms with Crippen molar-refractivity contribution in [2.75, 3.05) is 0 Å². The molecule has 0 aliphatic rings. The van der Waals surface area contributed by atoms with E-state index < -0.39 is 0 Å². The zero-order valence-electron chi connectivity index (χ0n) is 13.0. The van der Waals surface area contributed by atoms with Gasteiger partial charge in [-0.1, -0.05) is 18.2 Å². The fourth-order valence-electron chi connectivity index (χ4n) is 2.64. The summed E-state index contributed by atoms with van der Waals surface area (Å²) in [5.41, 5.74) is 3.31.